The smallest absolute Gasteiger partial charge is 0.423 e. The Labute approximate surface area is 115 Å². The van der Waals surface area contributed by atoms with Gasteiger partial charge in [-0.15, -0.1) is 0 Å². The number of esters is 2. The van der Waals surface area contributed by atoms with Crippen LogP contribution in [0.4, 0.5) is 0 Å². The highest BCUT2D eigenvalue weighted by Crippen LogP contribution is 2.31. The molecular formula is C14H14N2O4. The molecule has 1 fully saturated rings. The van der Waals surface area contributed by atoms with Crippen molar-refractivity contribution >= 4 is 17.7 Å². The average molecular weight is 274 g/mol. The number of carbonyl (C=O) groups excluding carboxylic acids is 2. The van der Waals surface area contributed by atoms with E-state index in [2.05, 4.69) is 4.79 Å². The Morgan fingerprint density at radius 3 is 2.55 bits per heavy atom. The molecular weight excluding hydrogens is 260 g/mol. The summed E-state index contributed by atoms with van der Waals surface area (Å²) < 4.78 is 10.0. The van der Waals surface area contributed by atoms with Crippen molar-refractivity contribution in [3.8, 4) is 0 Å². The zero-order valence-corrected chi connectivity index (χ0v) is 11.2. The van der Waals surface area contributed by atoms with E-state index >= 15 is 0 Å². The second kappa shape index (κ2) is 5.27. The molecule has 6 nitrogen and oxygen atoms in total. The van der Waals surface area contributed by atoms with E-state index in [1.165, 1.54) is 0 Å². The Balaban J connectivity index is 2.20. The van der Waals surface area contributed by atoms with Gasteiger partial charge in [-0.2, -0.15) is 4.79 Å². The van der Waals surface area contributed by atoms with Gasteiger partial charge in [0.15, 0.2) is 0 Å². The van der Waals surface area contributed by atoms with Gasteiger partial charge in [-0.1, -0.05) is 32.0 Å². The molecule has 2 rings (SSSR count). The molecule has 0 amide bonds. The number of nitrogens with zero attached hydrogens (tertiary/aromatic N) is 2. The summed E-state index contributed by atoms with van der Waals surface area (Å²) in [5.41, 5.74) is 8.54. The lowest BCUT2D eigenvalue weighted by molar-refractivity contribution is -0.160. The minimum absolute atomic E-state index is 0.181. The number of ether oxygens (including phenoxy) is 2. The minimum atomic E-state index is -1.00. The third kappa shape index (κ3) is 2.60. The molecule has 0 unspecified atom stereocenters. The maximum Gasteiger partial charge on any atom is 0.423 e. The quantitative estimate of drug-likeness (QED) is 0.358. The molecule has 1 atom stereocenters. The predicted octanol–water partition coefficient (Wildman–Crippen LogP) is 1.20. The lowest BCUT2D eigenvalue weighted by Crippen LogP contribution is -2.37. The first kappa shape index (κ1) is 14.0. The Kier molecular flexibility index (Phi) is 3.68. The Morgan fingerprint density at radius 1 is 1.40 bits per heavy atom. The van der Waals surface area contributed by atoms with E-state index in [4.69, 9.17) is 15.0 Å². The first-order valence-electron chi connectivity index (χ1n) is 6.11. The molecule has 0 aliphatic carbocycles. The van der Waals surface area contributed by atoms with E-state index in [0.717, 1.165) is 0 Å². The summed E-state index contributed by atoms with van der Waals surface area (Å²) in [4.78, 5) is 26.6. The van der Waals surface area contributed by atoms with Crippen LogP contribution in [0.5, 0.6) is 0 Å². The maximum atomic E-state index is 12.0. The third-order valence-corrected chi connectivity index (χ3v) is 3.08. The molecule has 0 N–H and O–H groups in total. The number of cyclic esters (lactones) is 1. The highest BCUT2D eigenvalue weighted by molar-refractivity contribution is 6.40. The SMILES string of the molecule is CC1(C)COC(=O)[C@@H]1OC(=O)C(=[N+]=[N-])c1ccccc1. The fraction of sp³-hybridized carbons (Fsp3) is 0.357. The lowest BCUT2D eigenvalue weighted by atomic mass is 9.90. The van der Waals surface area contributed by atoms with Gasteiger partial charge in [-0.3, -0.25) is 0 Å². The molecule has 1 aliphatic rings. The lowest BCUT2D eigenvalue weighted by Gasteiger charge is -2.20. The second-order valence-corrected chi connectivity index (χ2v) is 5.20. The highest BCUT2D eigenvalue weighted by Gasteiger charge is 2.47. The van der Waals surface area contributed by atoms with Gasteiger partial charge in [0.05, 0.1) is 5.56 Å². The van der Waals surface area contributed by atoms with Gasteiger partial charge in [-0.25, -0.2) is 9.59 Å². The van der Waals surface area contributed by atoms with Crippen molar-refractivity contribution in [2.75, 3.05) is 6.61 Å². The van der Waals surface area contributed by atoms with Crippen LogP contribution in [-0.2, 0) is 19.1 Å². The molecule has 1 heterocycles. The van der Waals surface area contributed by atoms with Gasteiger partial charge in [0.25, 0.3) is 0 Å². The summed E-state index contributed by atoms with van der Waals surface area (Å²) in [5.74, 6) is -1.45. The third-order valence-electron chi connectivity index (χ3n) is 3.08. The predicted molar refractivity (Wildman–Crippen MR) is 68.8 cm³/mol. The molecule has 104 valence electrons. The van der Waals surface area contributed by atoms with Gasteiger partial charge >= 0.3 is 17.7 Å². The number of hydrogen-bond donors (Lipinski definition) is 0. The van der Waals surface area contributed by atoms with Crippen molar-refractivity contribution in [2.24, 2.45) is 5.41 Å². The van der Waals surface area contributed by atoms with E-state index in [1.54, 1.807) is 44.2 Å². The van der Waals surface area contributed by atoms with E-state index in [-0.39, 0.29) is 12.3 Å². The van der Waals surface area contributed by atoms with Crippen molar-refractivity contribution in [2.45, 2.75) is 20.0 Å². The summed E-state index contributed by atoms with van der Waals surface area (Å²) >= 11 is 0. The summed E-state index contributed by atoms with van der Waals surface area (Å²) in [5, 5.41) is 0. The van der Waals surface area contributed by atoms with Crippen LogP contribution >= 0.6 is 0 Å². The zero-order valence-electron chi connectivity index (χ0n) is 11.2. The van der Waals surface area contributed by atoms with E-state index in [9.17, 15) is 9.59 Å². The van der Waals surface area contributed by atoms with Crippen LogP contribution in [0.3, 0.4) is 0 Å². The molecule has 1 aromatic carbocycles. The van der Waals surface area contributed by atoms with E-state index in [1.807, 2.05) is 0 Å². The van der Waals surface area contributed by atoms with Crippen LogP contribution in [0, 0.1) is 5.41 Å². The number of benzene rings is 1. The second-order valence-electron chi connectivity index (χ2n) is 5.20. The summed E-state index contributed by atoms with van der Waals surface area (Å²) in [6, 6.07) is 8.37. The van der Waals surface area contributed by atoms with Crippen LogP contribution in [0.15, 0.2) is 30.3 Å². The molecule has 1 aliphatic heterocycles. The zero-order chi connectivity index (χ0) is 14.8. The van der Waals surface area contributed by atoms with Crippen molar-refractivity contribution in [1.29, 1.82) is 0 Å². The summed E-state index contributed by atoms with van der Waals surface area (Å²) in [6.07, 6.45) is -1.00. The molecule has 0 radical (unpaired) electrons. The number of rotatable bonds is 3. The molecule has 0 bridgehead atoms. The van der Waals surface area contributed by atoms with Crippen molar-refractivity contribution in [1.82, 2.24) is 0 Å². The molecule has 6 heteroatoms. The van der Waals surface area contributed by atoms with Crippen molar-refractivity contribution in [3.63, 3.8) is 0 Å². The van der Waals surface area contributed by atoms with E-state index < -0.39 is 23.5 Å². The van der Waals surface area contributed by atoms with E-state index in [0.29, 0.717) is 5.56 Å². The van der Waals surface area contributed by atoms with Crippen molar-refractivity contribution < 1.29 is 23.9 Å². The summed E-state index contributed by atoms with van der Waals surface area (Å²) in [6.45, 7) is 3.70. The first-order chi connectivity index (χ1) is 9.45. The normalized spacial score (nSPS) is 19.9. The largest absolute Gasteiger partial charge is 0.462 e. The van der Waals surface area contributed by atoms with Crippen LogP contribution in [0.25, 0.3) is 5.53 Å². The average Bonchev–Trinajstić information content (AvgIpc) is 2.68. The maximum absolute atomic E-state index is 12.0. The summed E-state index contributed by atoms with van der Waals surface area (Å²) in [7, 11) is 0. The van der Waals surface area contributed by atoms with Crippen LogP contribution in [-0.4, -0.2) is 35.2 Å². The van der Waals surface area contributed by atoms with Gasteiger partial charge < -0.3 is 15.0 Å². The highest BCUT2D eigenvalue weighted by atomic mass is 16.6. The monoisotopic (exact) mass is 274 g/mol. The standard InChI is InChI=1S/C14H14N2O4/c1-14(2)8-19-13(18)11(14)20-12(17)10(16-15)9-6-4-3-5-7-9/h3-7,11H,8H2,1-2H3/t11-/m0/s1. The van der Waals surface area contributed by atoms with Crippen molar-refractivity contribution in [3.05, 3.63) is 41.4 Å². The molecule has 1 aromatic rings. The van der Waals surface area contributed by atoms with Gasteiger partial charge in [-0.05, 0) is 12.1 Å². The molecule has 0 spiro atoms. The Hall–Kier alpha value is -2.46. The number of carbonyl (C=O) groups is 2. The first-order valence-corrected chi connectivity index (χ1v) is 6.11. The van der Waals surface area contributed by atoms with Gasteiger partial charge in [0.1, 0.15) is 6.61 Å². The molecule has 0 aromatic heterocycles. The van der Waals surface area contributed by atoms with Gasteiger partial charge in [0.2, 0.25) is 6.10 Å². The Bertz CT molecular complexity index is 588. The Morgan fingerprint density at radius 2 is 2.05 bits per heavy atom. The van der Waals surface area contributed by atoms with Crippen LogP contribution in [0.2, 0.25) is 0 Å². The fourth-order valence-corrected chi connectivity index (χ4v) is 1.91. The van der Waals surface area contributed by atoms with Gasteiger partial charge in [0, 0.05) is 5.41 Å². The topological polar surface area (TPSA) is 89.0 Å². The number of hydrogen-bond acceptors (Lipinski definition) is 4. The van der Waals surface area contributed by atoms with Crippen LogP contribution < -0.4 is 0 Å². The molecule has 0 saturated carbocycles. The fourth-order valence-electron chi connectivity index (χ4n) is 1.91. The molecule has 1 saturated heterocycles. The minimum Gasteiger partial charge on any atom is -0.462 e. The molecule has 20 heavy (non-hydrogen) atoms. The van der Waals surface area contributed by atoms with Crippen LogP contribution in [0.1, 0.15) is 19.4 Å².